The van der Waals surface area contributed by atoms with Crippen LogP contribution < -0.4 is 10.1 Å². The van der Waals surface area contributed by atoms with E-state index in [4.69, 9.17) is 9.84 Å². The minimum atomic E-state index is -1.45. The fourth-order valence-corrected chi connectivity index (χ4v) is 3.85. The molecule has 9 heteroatoms. The number of piperidine rings is 1. The number of alkyl halides is 2. The van der Waals surface area contributed by atoms with E-state index in [-0.39, 0.29) is 43.2 Å². The van der Waals surface area contributed by atoms with Gasteiger partial charge in [-0.2, -0.15) is 5.26 Å². The lowest BCUT2D eigenvalue weighted by molar-refractivity contribution is -0.138. The number of carbonyl (C=O) groups is 2. The van der Waals surface area contributed by atoms with Gasteiger partial charge < -0.3 is 20.1 Å². The summed E-state index contributed by atoms with van der Waals surface area (Å²) in [6.07, 6.45) is -2.86. The zero-order valence-corrected chi connectivity index (χ0v) is 17.7. The second-order valence-corrected chi connectivity index (χ2v) is 8.21. The lowest BCUT2D eigenvalue weighted by Gasteiger charge is -2.34. The van der Waals surface area contributed by atoms with Gasteiger partial charge >= 0.3 is 0 Å². The topological polar surface area (TPSA) is 103 Å². The molecule has 7 nitrogen and oxygen atoms in total. The van der Waals surface area contributed by atoms with Gasteiger partial charge in [0.05, 0.1) is 18.0 Å². The van der Waals surface area contributed by atoms with Crippen molar-refractivity contribution >= 4 is 17.5 Å². The Morgan fingerprint density at radius 1 is 1.18 bits per heavy atom. The maximum absolute atomic E-state index is 14.6. The predicted octanol–water partition coefficient (Wildman–Crippen LogP) is 2.83. The van der Waals surface area contributed by atoms with Crippen LogP contribution in [0.5, 0.6) is 5.75 Å². The van der Waals surface area contributed by atoms with Crippen LogP contribution in [0.3, 0.4) is 0 Å². The van der Waals surface area contributed by atoms with Gasteiger partial charge in [0, 0.05) is 18.7 Å². The Balaban J connectivity index is 1.46. The number of hydrogen-bond acceptors (Lipinski definition) is 5. The number of aliphatic hydroxyl groups excluding tert-OH is 1. The largest absolute Gasteiger partial charge is 0.486 e. The van der Waals surface area contributed by atoms with Crippen LogP contribution >= 0.6 is 0 Å². The first-order valence-corrected chi connectivity index (χ1v) is 10.7. The van der Waals surface area contributed by atoms with Crippen LogP contribution in [0.2, 0.25) is 0 Å². The van der Waals surface area contributed by atoms with Gasteiger partial charge in [-0.15, -0.1) is 0 Å². The van der Waals surface area contributed by atoms with Crippen molar-refractivity contribution in [2.45, 2.75) is 31.3 Å². The number of amides is 2. The zero-order chi connectivity index (χ0) is 23.5. The third kappa shape index (κ3) is 5.12. The zero-order valence-electron chi connectivity index (χ0n) is 17.7. The average Bonchev–Trinajstić information content (AvgIpc) is 3.57. The molecule has 33 heavy (non-hydrogen) atoms. The molecule has 4 rings (SSSR count). The monoisotopic (exact) mass is 455 g/mol. The van der Waals surface area contributed by atoms with Gasteiger partial charge in [-0.05, 0) is 41.8 Å². The summed E-state index contributed by atoms with van der Waals surface area (Å²) in [7, 11) is 0. The first-order valence-electron chi connectivity index (χ1n) is 10.7. The Hall–Kier alpha value is -3.51. The highest BCUT2D eigenvalue weighted by Gasteiger charge is 2.43. The van der Waals surface area contributed by atoms with E-state index < -0.39 is 36.9 Å². The summed E-state index contributed by atoms with van der Waals surface area (Å²) in [6, 6.07) is 14.0. The quantitative estimate of drug-likeness (QED) is 0.697. The Morgan fingerprint density at radius 3 is 2.61 bits per heavy atom. The standard InChI is InChI=1S/C24H23F2N3O4/c25-19-10-18(19)24(32)28-17-3-1-2-14(9-17)15-4-5-21(16(8-15)11-27)33-22-6-7-29(12-20(22)26)23(31)13-30/h1-5,8-9,18-20,22,30H,6-7,10,12-13H2,(H,28,32)/t18-,19-,20+,22-/m0/s1. The summed E-state index contributed by atoms with van der Waals surface area (Å²) in [4.78, 5) is 24.8. The molecule has 1 aliphatic carbocycles. The lowest BCUT2D eigenvalue weighted by Crippen LogP contribution is -2.50. The number of rotatable bonds is 6. The molecule has 2 aliphatic rings. The number of carbonyl (C=O) groups excluding carboxylic acids is 2. The van der Waals surface area contributed by atoms with Crippen molar-refractivity contribution in [3.05, 3.63) is 48.0 Å². The van der Waals surface area contributed by atoms with E-state index in [1.54, 1.807) is 36.4 Å². The van der Waals surface area contributed by atoms with Crippen LogP contribution in [0.25, 0.3) is 11.1 Å². The Morgan fingerprint density at radius 2 is 1.94 bits per heavy atom. The van der Waals surface area contributed by atoms with E-state index >= 15 is 0 Å². The van der Waals surface area contributed by atoms with Gasteiger partial charge in [-0.25, -0.2) is 8.78 Å². The molecule has 2 N–H and O–H groups in total. The maximum Gasteiger partial charge on any atom is 0.248 e. The van der Waals surface area contributed by atoms with Gasteiger partial charge in [0.2, 0.25) is 11.8 Å². The Labute approximate surface area is 189 Å². The van der Waals surface area contributed by atoms with E-state index in [2.05, 4.69) is 11.4 Å². The van der Waals surface area contributed by atoms with E-state index in [9.17, 15) is 23.6 Å². The molecule has 2 aromatic carbocycles. The van der Waals surface area contributed by atoms with E-state index in [1.807, 2.05) is 6.07 Å². The predicted molar refractivity (Wildman–Crippen MR) is 116 cm³/mol. The number of likely N-dealkylation sites (tertiary alicyclic amines) is 1. The number of benzene rings is 2. The van der Waals surface area contributed by atoms with Crippen molar-refractivity contribution in [1.82, 2.24) is 4.90 Å². The van der Waals surface area contributed by atoms with Crippen LogP contribution in [0, 0.1) is 17.2 Å². The summed E-state index contributed by atoms with van der Waals surface area (Å²) < 4.78 is 33.4. The molecule has 0 aromatic heterocycles. The van der Waals surface area contributed by atoms with E-state index in [1.165, 1.54) is 4.90 Å². The number of nitrogens with one attached hydrogen (secondary N) is 1. The van der Waals surface area contributed by atoms with Gasteiger partial charge in [0.25, 0.3) is 0 Å². The van der Waals surface area contributed by atoms with Crippen molar-refractivity contribution in [2.75, 3.05) is 25.0 Å². The first-order chi connectivity index (χ1) is 15.9. The highest BCUT2D eigenvalue weighted by Crippen LogP contribution is 2.35. The number of ether oxygens (including phenoxy) is 1. The summed E-state index contributed by atoms with van der Waals surface area (Å²) in [5, 5.41) is 21.3. The molecule has 4 atom stereocenters. The molecule has 0 bridgehead atoms. The SMILES string of the molecule is N#Cc1cc(-c2cccc(NC(=O)[C@H]3C[C@@H]3F)c2)ccc1O[C@H]1CCN(C(=O)CO)C[C@H]1F. The molecular formula is C24H23F2N3O4. The van der Waals surface area contributed by atoms with Gasteiger partial charge in [-0.3, -0.25) is 9.59 Å². The molecule has 2 aromatic rings. The second kappa shape index (κ2) is 9.55. The van der Waals surface area contributed by atoms with Crippen molar-refractivity contribution in [1.29, 1.82) is 5.26 Å². The minimum absolute atomic E-state index is 0.174. The molecule has 0 spiro atoms. The van der Waals surface area contributed by atoms with Crippen molar-refractivity contribution < 1.29 is 28.2 Å². The van der Waals surface area contributed by atoms with Crippen LogP contribution in [-0.4, -0.2) is 60.0 Å². The van der Waals surface area contributed by atoms with Crippen molar-refractivity contribution in [2.24, 2.45) is 5.92 Å². The molecule has 1 saturated heterocycles. The summed E-state index contributed by atoms with van der Waals surface area (Å²) in [5.74, 6) is -1.24. The molecular weight excluding hydrogens is 432 g/mol. The van der Waals surface area contributed by atoms with Gasteiger partial charge in [0.1, 0.15) is 30.7 Å². The summed E-state index contributed by atoms with van der Waals surface area (Å²) in [6.45, 7) is -0.584. The summed E-state index contributed by atoms with van der Waals surface area (Å²) >= 11 is 0. The third-order valence-electron chi connectivity index (χ3n) is 5.86. The third-order valence-corrected chi connectivity index (χ3v) is 5.86. The second-order valence-electron chi connectivity index (χ2n) is 8.21. The number of aliphatic hydroxyl groups is 1. The maximum atomic E-state index is 14.6. The highest BCUT2D eigenvalue weighted by molar-refractivity contribution is 5.95. The van der Waals surface area contributed by atoms with Gasteiger partial charge in [0.15, 0.2) is 6.17 Å². The molecule has 0 radical (unpaired) electrons. The van der Waals surface area contributed by atoms with Crippen LogP contribution in [0.1, 0.15) is 18.4 Å². The molecule has 1 saturated carbocycles. The van der Waals surface area contributed by atoms with Crippen molar-refractivity contribution in [3.63, 3.8) is 0 Å². The lowest BCUT2D eigenvalue weighted by atomic mass is 10.0. The van der Waals surface area contributed by atoms with E-state index in [0.29, 0.717) is 11.3 Å². The molecule has 172 valence electrons. The average molecular weight is 455 g/mol. The van der Waals surface area contributed by atoms with Crippen LogP contribution in [0.15, 0.2) is 42.5 Å². The molecule has 2 amide bonds. The molecule has 0 unspecified atom stereocenters. The minimum Gasteiger partial charge on any atom is -0.486 e. The number of anilines is 1. The fourth-order valence-electron chi connectivity index (χ4n) is 3.85. The van der Waals surface area contributed by atoms with E-state index in [0.717, 1.165) is 5.56 Å². The smallest absolute Gasteiger partial charge is 0.248 e. The Kier molecular flexibility index (Phi) is 6.56. The van der Waals surface area contributed by atoms with Crippen molar-refractivity contribution in [3.8, 4) is 22.9 Å². The van der Waals surface area contributed by atoms with Gasteiger partial charge in [-0.1, -0.05) is 18.2 Å². The number of halogens is 2. The van der Waals surface area contributed by atoms with Crippen LogP contribution in [0.4, 0.5) is 14.5 Å². The van der Waals surface area contributed by atoms with Crippen LogP contribution in [-0.2, 0) is 9.59 Å². The molecule has 1 aliphatic heterocycles. The highest BCUT2D eigenvalue weighted by atomic mass is 19.1. The molecule has 2 fully saturated rings. The molecule has 1 heterocycles. The Bertz CT molecular complexity index is 1100. The number of nitrogens with zero attached hydrogens (tertiary/aromatic N) is 2. The first kappa shape index (κ1) is 22.7. The number of nitriles is 1. The fraction of sp³-hybridized carbons (Fsp3) is 0.375. The number of hydrogen-bond donors (Lipinski definition) is 2. The normalized spacial score (nSPS) is 24.0. The summed E-state index contributed by atoms with van der Waals surface area (Å²) in [5.41, 5.74) is 2.19.